The van der Waals surface area contributed by atoms with Crippen LogP contribution in [0.25, 0.3) is 0 Å². The highest BCUT2D eigenvalue weighted by molar-refractivity contribution is 6.22. The van der Waals surface area contributed by atoms with Crippen LogP contribution in [-0.4, -0.2) is 23.8 Å². The fraction of sp³-hybridized carbons (Fsp3) is 1.00. The van der Waals surface area contributed by atoms with Crippen LogP contribution in [0.5, 0.6) is 0 Å². The molecule has 0 aromatic carbocycles. The summed E-state index contributed by atoms with van der Waals surface area (Å²) in [6.07, 6.45) is 10.6. The zero-order chi connectivity index (χ0) is 16.8. The second kappa shape index (κ2) is 13.9. The third kappa shape index (κ3) is 10.3. The number of halogens is 2. The number of ether oxygens (including phenoxy) is 2. The molecule has 4 heteroatoms. The Morgan fingerprint density at radius 3 is 1.86 bits per heavy atom. The molecule has 0 amide bonds. The van der Waals surface area contributed by atoms with Crippen molar-refractivity contribution in [3.8, 4) is 0 Å². The second-order valence-electron chi connectivity index (χ2n) is 6.06. The number of rotatable bonds is 15. The maximum absolute atomic E-state index is 6.66. The van der Waals surface area contributed by atoms with Crippen molar-refractivity contribution in [1.82, 2.24) is 0 Å². The zero-order valence-electron chi connectivity index (χ0n) is 15.0. The summed E-state index contributed by atoms with van der Waals surface area (Å²) in [4.78, 5) is 0. The van der Waals surface area contributed by atoms with E-state index in [9.17, 15) is 0 Å². The van der Waals surface area contributed by atoms with E-state index in [4.69, 9.17) is 32.7 Å². The summed E-state index contributed by atoms with van der Waals surface area (Å²) in [6.45, 7) is 9.32. The van der Waals surface area contributed by atoms with Crippen molar-refractivity contribution < 1.29 is 9.47 Å². The molecule has 0 rings (SSSR count). The highest BCUT2D eigenvalue weighted by Crippen LogP contribution is 2.36. The summed E-state index contributed by atoms with van der Waals surface area (Å²) in [5, 5.41) is -0.824. The van der Waals surface area contributed by atoms with Gasteiger partial charge in [-0.15, -0.1) is 11.6 Å². The quantitative estimate of drug-likeness (QED) is 0.184. The highest BCUT2D eigenvalue weighted by atomic mass is 35.5. The molecule has 0 bridgehead atoms. The van der Waals surface area contributed by atoms with Crippen LogP contribution in [0.15, 0.2) is 0 Å². The monoisotopic (exact) mass is 354 g/mol. The molecule has 0 aromatic rings. The smallest absolute Gasteiger partial charge is 0.251 e. The fourth-order valence-corrected chi connectivity index (χ4v) is 3.32. The van der Waals surface area contributed by atoms with E-state index in [-0.39, 0.29) is 11.3 Å². The molecule has 2 atom stereocenters. The van der Waals surface area contributed by atoms with Crippen LogP contribution in [0.1, 0.15) is 85.5 Å². The molecule has 2 nitrogen and oxygen atoms in total. The van der Waals surface area contributed by atoms with Crippen LogP contribution in [0.2, 0.25) is 0 Å². The minimum atomic E-state index is -0.987. The van der Waals surface area contributed by atoms with Gasteiger partial charge in [0.2, 0.25) is 0 Å². The molecule has 0 aliphatic rings. The van der Waals surface area contributed by atoms with Gasteiger partial charge in [0.15, 0.2) is 0 Å². The minimum absolute atomic E-state index is 0.163. The summed E-state index contributed by atoms with van der Waals surface area (Å²) in [5.41, 5.74) is 0. The van der Waals surface area contributed by atoms with E-state index >= 15 is 0 Å². The number of alkyl halides is 2. The summed E-state index contributed by atoms with van der Waals surface area (Å²) in [5.74, 6) is 0.196. The predicted octanol–water partition coefficient (Wildman–Crippen LogP) is 6.73. The molecule has 2 unspecified atom stereocenters. The van der Waals surface area contributed by atoms with Gasteiger partial charge in [-0.3, -0.25) is 0 Å². The SMILES string of the molecule is CCCCCCCCC(CCC(C)Cl)C(Cl)(OCC)OCC. The standard InChI is InChI=1S/C18H36Cl2O2/c1-5-8-9-10-11-12-13-17(15-14-16(4)19)18(20,21-6-2)22-7-3/h16-17H,5-15H2,1-4H3. The minimum Gasteiger partial charge on any atom is -0.337 e. The molecule has 0 N–H and O–H groups in total. The molecule has 134 valence electrons. The van der Waals surface area contributed by atoms with Crippen molar-refractivity contribution in [1.29, 1.82) is 0 Å². The van der Waals surface area contributed by atoms with Crippen molar-refractivity contribution in [3.05, 3.63) is 0 Å². The Balaban J connectivity index is 4.44. The van der Waals surface area contributed by atoms with Crippen LogP contribution in [0, 0.1) is 5.92 Å². The number of hydrogen-bond donors (Lipinski definition) is 0. The molecule has 0 fully saturated rings. The second-order valence-corrected chi connectivity index (χ2v) is 7.33. The third-order valence-electron chi connectivity index (χ3n) is 3.99. The first-order chi connectivity index (χ1) is 10.5. The van der Waals surface area contributed by atoms with E-state index in [0.29, 0.717) is 13.2 Å². The Morgan fingerprint density at radius 1 is 0.818 bits per heavy atom. The summed E-state index contributed by atoms with van der Waals surface area (Å²) in [7, 11) is 0. The van der Waals surface area contributed by atoms with Crippen LogP contribution in [0.3, 0.4) is 0 Å². The van der Waals surface area contributed by atoms with Crippen molar-refractivity contribution in [2.24, 2.45) is 5.92 Å². The number of unbranched alkanes of at least 4 members (excludes halogenated alkanes) is 5. The molecule has 0 saturated heterocycles. The van der Waals surface area contributed by atoms with Crippen LogP contribution < -0.4 is 0 Å². The van der Waals surface area contributed by atoms with Gasteiger partial charge in [0, 0.05) is 24.5 Å². The summed E-state index contributed by atoms with van der Waals surface area (Å²) in [6, 6.07) is 0. The van der Waals surface area contributed by atoms with Crippen molar-refractivity contribution in [2.75, 3.05) is 13.2 Å². The summed E-state index contributed by atoms with van der Waals surface area (Å²) < 4.78 is 11.5. The van der Waals surface area contributed by atoms with Gasteiger partial charge in [0.05, 0.1) is 0 Å². The Labute approximate surface area is 148 Å². The van der Waals surface area contributed by atoms with Gasteiger partial charge in [-0.1, -0.05) is 57.0 Å². The van der Waals surface area contributed by atoms with Crippen molar-refractivity contribution in [2.45, 2.75) is 96.1 Å². The third-order valence-corrected chi connectivity index (χ3v) is 4.73. The molecular formula is C18H36Cl2O2. The van der Waals surface area contributed by atoms with E-state index in [1.165, 1.54) is 38.5 Å². The average Bonchev–Trinajstić information content (AvgIpc) is 2.45. The lowest BCUT2D eigenvalue weighted by molar-refractivity contribution is -0.206. The van der Waals surface area contributed by atoms with Gasteiger partial charge in [-0.25, -0.2) is 0 Å². The normalized spacial score (nSPS) is 15.0. The van der Waals surface area contributed by atoms with E-state index in [2.05, 4.69) is 6.92 Å². The van der Waals surface area contributed by atoms with Gasteiger partial charge in [-0.05, 0) is 40.0 Å². The summed E-state index contributed by atoms with van der Waals surface area (Å²) >= 11 is 12.8. The van der Waals surface area contributed by atoms with E-state index in [1.54, 1.807) is 0 Å². The zero-order valence-corrected chi connectivity index (χ0v) is 16.5. The van der Waals surface area contributed by atoms with Crippen LogP contribution in [0.4, 0.5) is 0 Å². The Bertz CT molecular complexity index is 241. The molecule has 0 aromatic heterocycles. The van der Waals surface area contributed by atoms with Gasteiger partial charge in [-0.2, -0.15) is 0 Å². The van der Waals surface area contributed by atoms with Crippen molar-refractivity contribution in [3.63, 3.8) is 0 Å². The van der Waals surface area contributed by atoms with Gasteiger partial charge < -0.3 is 9.47 Å². The molecule has 0 heterocycles. The number of hydrogen-bond acceptors (Lipinski definition) is 2. The lowest BCUT2D eigenvalue weighted by Gasteiger charge is -2.35. The fourth-order valence-electron chi connectivity index (χ4n) is 2.76. The van der Waals surface area contributed by atoms with Crippen LogP contribution in [-0.2, 0) is 9.47 Å². The first-order valence-corrected chi connectivity index (χ1v) is 9.92. The Hall–Kier alpha value is 0.500. The average molecular weight is 355 g/mol. The predicted molar refractivity (Wildman–Crippen MR) is 97.9 cm³/mol. The van der Waals surface area contributed by atoms with Gasteiger partial charge in [0.1, 0.15) is 0 Å². The molecule has 0 spiro atoms. The largest absolute Gasteiger partial charge is 0.337 e. The molecule has 0 aliphatic heterocycles. The van der Waals surface area contributed by atoms with Gasteiger partial charge in [0.25, 0.3) is 5.25 Å². The Morgan fingerprint density at radius 2 is 1.36 bits per heavy atom. The first-order valence-electron chi connectivity index (χ1n) is 9.10. The lowest BCUT2D eigenvalue weighted by Crippen LogP contribution is -2.38. The lowest BCUT2D eigenvalue weighted by atomic mass is 9.93. The Kier molecular flexibility index (Phi) is 14.2. The van der Waals surface area contributed by atoms with Crippen LogP contribution >= 0.6 is 23.2 Å². The topological polar surface area (TPSA) is 18.5 Å². The maximum Gasteiger partial charge on any atom is 0.251 e. The van der Waals surface area contributed by atoms with E-state index < -0.39 is 5.25 Å². The maximum atomic E-state index is 6.66. The van der Waals surface area contributed by atoms with Gasteiger partial charge >= 0.3 is 0 Å². The molecule has 22 heavy (non-hydrogen) atoms. The highest BCUT2D eigenvalue weighted by Gasteiger charge is 2.38. The molecule has 0 saturated carbocycles. The molecular weight excluding hydrogens is 319 g/mol. The first kappa shape index (κ1) is 22.5. The van der Waals surface area contributed by atoms with E-state index in [0.717, 1.165) is 19.3 Å². The van der Waals surface area contributed by atoms with E-state index in [1.807, 2.05) is 20.8 Å². The van der Waals surface area contributed by atoms with Crippen molar-refractivity contribution >= 4 is 23.2 Å². The molecule has 0 radical (unpaired) electrons. The molecule has 0 aliphatic carbocycles.